The molecule has 1 heterocycles. The molecular weight excluding hydrogens is 354 g/mol. The monoisotopic (exact) mass is 369 g/mol. The highest BCUT2D eigenvalue weighted by Gasteiger charge is 2.18. The van der Waals surface area contributed by atoms with Gasteiger partial charge in [0.2, 0.25) is 0 Å². The molecular formula is C19H15NO5S. The van der Waals surface area contributed by atoms with Crippen molar-refractivity contribution in [2.24, 2.45) is 0 Å². The molecule has 132 valence electrons. The molecule has 6 nitrogen and oxygen atoms in total. The van der Waals surface area contributed by atoms with Gasteiger partial charge in [-0.2, -0.15) is 0 Å². The second-order valence-corrected chi connectivity index (χ2v) is 6.40. The minimum Gasteiger partial charge on any atom is -0.508 e. The Morgan fingerprint density at radius 2 is 1.81 bits per heavy atom. The molecule has 0 saturated heterocycles. The second-order valence-electron chi connectivity index (χ2n) is 5.35. The van der Waals surface area contributed by atoms with Crippen molar-refractivity contribution in [2.45, 2.75) is 10.6 Å². The molecule has 7 heteroatoms. The number of furan rings is 1. The summed E-state index contributed by atoms with van der Waals surface area (Å²) in [5.41, 5.74) is 0.239. The molecule has 0 spiro atoms. The van der Waals surface area contributed by atoms with Gasteiger partial charge in [0.15, 0.2) is 0 Å². The van der Waals surface area contributed by atoms with Crippen LogP contribution in [-0.4, -0.2) is 22.1 Å². The number of thioether (sulfide) groups is 1. The number of carbonyl (C=O) groups is 2. The minimum atomic E-state index is -1.25. The maximum Gasteiger partial charge on any atom is 0.337 e. The highest BCUT2D eigenvalue weighted by atomic mass is 32.2. The number of carbonyl (C=O) groups excluding carboxylic acids is 1. The van der Waals surface area contributed by atoms with Gasteiger partial charge in [-0.05, 0) is 36.4 Å². The highest BCUT2D eigenvalue weighted by molar-refractivity contribution is 7.98. The lowest BCUT2D eigenvalue weighted by Crippen LogP contribution is -2.15. The molecule has 26 heavy (non-hydrogen) atoms. The maximum atomic E-state index is 12.5. The summed E-state index contributed by atoms with van der Waals surface area (Å²) in [5.74, 6) is -0.962. The minimum absolute atomic E-state index is 0.100. The van der Waals surface area contributed by atoms with Crippen molar-refractivity contribution in [3.05, 3.63) is 77.7 Å². The van der Waals surface area contributed by atoms with Crippen LogP contribution in [0.25, 0.3) is 0 Å². The lowest BCUT2D eigenvalue weighted by atomic mass is 10.1. The molecule has 1 amide bonds. The molecule has 3 rings (SSSR count). The Morgan fingerprint density at radius 3 is 2.54 bits per heavy atom. The van der Waals surface area contributed by atoms with E-state index in [9.17, 15) is 19.8 Å². The van der Waals surface area contributed by atoms with Crippen molar-refractivity contribution in [2.75, 3.05) is 5.32 Å². The molecule has 2 aromatic carbocycles. The Balaban J connectivity index is 1.75. The lowest BCUT2D eigenvalue weighted by Gasteiger charge is -2.09. The Kier molecular flexibility index (Phi) is 5.28. The molecule has 0 aliphatic carbocycles. The van der Waals surface area contributed by atoms with Gasteiger partial charge in [0, 0.05) is 4.90 Å². The van der Waals surface area contributed by atoms with Crippen LogP contribution < -0.4 is 5.32 Å². The number of anilines is 1. The number of amides is 1. The van der Waals surface area contributed by atoms with Crippen molar-refractivity contribution in [3.8, 4) is 5.75 Å². The maximum absolute atomic E-state index is 12.5. The van der Waals surface area contributed by atoms with Crippen LogP contribution in [-0.2, 0) is 5.75 Å². The van der Waals surface area contributed by atoms with E-state index < -0.39 is 11.9 Å². The first kappa shape index (κ1) is 17.6. The summed E-state index contributed by atoms with van der Waals surface area (Å²) in [6.45, 7) is 0. The fraction of sp³-hybridized carbons (Fsp3) is 0.0526. The Labute approximate surface area is 153 Å². The van der Waals surface area contributed by atoms with Gasteiger partial charge in [-0.15, -0.1) is 11.8 Å². The lowest BCUT2D eigenvalue weighted by molar-refractivity contribution is 0.0697. The molecule has 0 radical (unpaired) electrons. The molecule has 0 fully saturated rings. The molecule has 0 saturated carbocycles. The SMILES string of the molecule is O=C(O)c1cc(O)ccc1NC(=O)c1ccoc1CSc1ccccc1. The number of aromatic carboxylic acids is 1. The zero-order chi connectivity index (χ0) is 18.5. The summed E-state index contributed by atoms with van der Waals surface area (Å²) in [6, 6.07) is 15.0. The van der Waals surface area contributed by atoms with E-state index in [-0.39, 0.29) is 17.0 Å². The molecule has 1 aromatic heterocycles. The predicted octanol–water partition coefficient (Wildman–Crippen LogP) is 4.23. The molecule has 3 aromatic rings. The van der Waals surface area contributed by atoms with E-state index >= 15 is 0 Å². The zero-order valence-electron chi connectivity index (χ0n) is 13.5. The van der Waals surface area contributed by atoms with E-state index in [4.69, 9.17) is 4.42 Å². The van der Waals surface area contributed by atoms with Crippen LogP contribution in [0.4, 0.5) is 5.69 Å². The summed E-state index contributed by atoms with van der Waals surface area (Å²) >= 11 is 1.53. The number of carboxylic acids is 1. The van der Waals surface area contributed by atoms with Crippen molar-refractivity contribution in [3.63, 3.8) is 0 Å². The number of phenols is 1. The number of aromatic hydroxyl groups is 1. The first-order valence-electron chi connectivity index (χ1n) is 7.66. The van der Waals surface area contributed by atoms with Crippen LogP contribution in [0, 0.1) is 0 Å². The summed E-state index contributed by atoms with van der Waals surface area (Å²) in [4.78, 5) is 24.9. The average Bonchev–Trinajstić information content (AvgIpc) is 3.11. The number of benzene rings is 2. The largest absolute Gasteiger partial charge is 0.508 e. The number of nitrogens with one attached hydrogen (secondary N) is 1. The molecule has 0 atom stereocenters. The smallest absolute Gasteiger partial charge is 0.337 e. The van der Waals surface area contributed by atoms with E-state index in [1.807, 2.05) is 30.3 Å². The summed E-state index contributed by atoms with van der Waals surface area (Å²) in [7, 11) is 0. The van der Waals surface area contributed by atoms with Crippen LogP contribution in [0.2, 0.25) is 0 Å². The number of carboxylic acid groups (broad SMARTS) is 1. The third kappa shape index (κ3) is 4.07. The van der Waals surface area contributed by atoms with Gasteiger partial charge < -0.3 is 19.9 Å². The number of hydrogen-bond acceptors (Lipinski definition) is 5. The van der Waals surface area contributed by atoms with Gasteiger partial charge >= 0.3 is 5.97 Å². The van der Waals surface area contributed by atoms with Crippen LogP contribution >= 0.6 is 11.8 Å². The molecule has 0 aliphatic heterocycles. The first-order valence-corrected chi connectivity index (χ1v) is 8.65. The fourth-order valence-corrected chi connectivity index (χ4v) is 3.20. The Hall–Kier alpha value is -3.19. The van der Waals surface area contributed by atoms with Gasteiger partial charge in [-0.1, -0.05) is 18.2 Å². The Morgan fingerprint density at radius 1 is 1.04 bits per heavy atom. The molecule has 0 unspecified atom stereocenters. The van der Waals surface area contributed by atoms with Gasteiger partial charge in [-0.3, -0.25) is 4.79 Å². The van der Waals surface area contributed by atoms with E-state index in [0.717, 1.165) is 11.0 Å². The van der Waals surface area contributed by atoms with Gasteiger partial charge in [0.25, 0.3) is 5.91 Å². The van der Waals surface area contributed by atoms with E-state index in [1.165, 1.54) is 36.2 Å². The standard InChI is InChI=1S/C19H15NO5S/c21-12-6-7-16(15(10-12)19(23)24)20-18(22)14-8-9-25-17(14)11-26-13-4-2-1-3-5-13/h1-10,21H,11H2,(H,20,22)(H,23,24). The summed E-state index contributed by atoms with van der Waals surface area (Å²) in [6.07, 6.45) is 1.42. The van der Waals surface area contributed by atoms with E-state index in [1.54, 1.807) is 0 Å². The number of hydrogen-bond donors (Lipinski definition) is 3. The van der Waals surface area contributed by atoms with E-state index in [2.05, 4.69) is 5.32 Å². The molecule has 0 bridgehead atoms. The molecule has 0 aliphatic rings. The third-order valence-electron chi connectivity index (χ3n) is 3.58. The number of phenolic OH excluding ortho intramolecular Hbond substituents is 1. The first-order chi connectivity index (χ1) is 12.5. The third-order valence-corrected chi connectivity index (χ3v) is 4.60. The van der Waals surface area contributed by atoms with Crippen molar-refractivity contribution in [1.29, 1.82) is 0 Å². The molecule has 3 N–H and O–H groups in total. The van der Waals surface area contributed by atoms with Crippen molar-refractivity contribution < 1.29 is 24.2 Å². The zero-order valence-corrected chi connectivity index (χ0v) is 14.3. The van der Waals surface area contributed by atoms with E-state index in [0.29, 0.717) is 17.1 Å². The quantitative estimate of drug-likeness (QED) is 0.444. The average molecular weight is 369 g/mol. The number of rotatable bonds is 6. The van der Waals surface area contributed by atoms with Gasteiger partial charge in [-0.25, -0.2) is 4.79 Å². The van der Waals surface area contributed by atoms with Gasteiger partial charge in [0.05, 0.1) is 28.8 Å². The Bertz CT molecular complexity index is 936. The highest BCUT2D eigenvalue weighted by Crippen LogP contribution is 2.26. The van der Waals surface area contributed by atoms with Crippen molar-refractivity contribution in [1.82, 2.24) is 0 Å². The second kappa shape index (κ2) is 7.79. The topological polar surface area (TPSA) is 99.8 Å². The fourth-order valence-electron chi connectivity index (χ4n) is 2.33. The summed E-state index contributed by atoms with van der Waals surface area (Å²) in [5, 5.41) is 21.2. The predicted molar refractivity (Wildman–Crippen MR) is 97.7 cm³/mol. The summed E-state index contributed by atoms with van der Waals surface area (Å²) < 4.78 is 5.40. The van der Waals surface area contributed by atoms with Crippen molar-refractivity contribution >= 4 is 29.3 Å². The van der Waals surface area contributed by atoms with Crippen LogP contribution in [0.15, 0.2) is 70.2 Å². The van der Waals surface area contributed by atoms with Crippen LogP contribution in [0.5, 0.6) is 5.75 Å². The normalized spacial score (nSPS) is 10.5. The van der Waals surface area contributed by atoms with Gasteiger partial charge in [0.1, 0.15) is 11.5 Å². The van der Waals surface area contributed by atoms with Crippen LogP contribution in [0.1, 0.15) is 26.5 Å². The van der Waals surface area contributed by atoms with Crippen LogP contribution in [0.3, 0.4) is 0 Å².